The van der Waals surface area contributed by atoms with Gasteiger partial charge >= 0.3 is 5.97 Å². The molecule has 2 aromatic rings. The third kappa shape index (κ3) is 1.39. The molecule has 2 heterocycles. The number of fused-ring (bicyclic) bond motifs is 1. The van der Waals surface area contributed by atoms with Crippen LogP contribution in [-0.4, -0.2) is 17.6 Å². The van der Waals surface area contributed by atoms with E-state index in [1.165, 1.54) is 0 Å². The van der Waals surface area contributed by atoms with Crippen molar-refractivity contribution in [2.75, 3.05) is 6.61 Å². The fourth-order valence-electron chi connectivity index (χ4n) is 2.19. The van der Waals surface area contributed by atoms with Crippen molar-refractivity contribution in [2.24, 2.45) is 0 Å². The predicted molar refractivity (Wildman–Crippen MR) is 61.6 cm³/mol. The van der Waals surface area contributed by atoms with E-state index in [1.54, 1.807) is 0 Å². The Balaban J connectivity index is 2.14. The molecule has 0 bridgehead atoms. The van der Waals surface area contributed by atoms with Crippen LogP contribution in [0.1, 0.15) is 17.9 Å². The van der Waals surface area contributed by atoms with Gasteiger partial charge in [0, 0.05) is 22.1 Å². The largest absolute Gasteiger partial charge is 0.465 e. The van der Waals surface area contributed by atoms with E-state index in [9.17, 15) is 4.79 Å². The summed E-state index contributed by atoms with van der Waals surface area (Å²) >= 11 is 5.90. The molecular weight excluding hydrogens is 226 g/mol. The highest BCUT2D eigenvalue weighted by atomic mass is 35.5. The maximum absolute atomic E-state index is 11.5. The van der Waals surface area contributed by atoms with Crippen LogP contribution in [-0.2, 0) is 9.53 Å². The third-order valence-corrected chi connectivity index (χ3v) is 3.22. The highest BCUT2D eigenvalue weighted by molar-refractivity contribution is 6.31. The second-order valence-electron chi connectivity index (χ2n) is 3.94. The summed E-state index contributed by atoms with van der Waals surface area (Å²) in [6.07, 6.45) is 2.63. The Morgan fingerprint density at radius 1 is 1.44 bits per heavy atom. The van der Waals surface area contributed by atoms with Crippen LogP contribution in [0.5, 0.6) is 0 Å². The molecular formula is C12H10ClNO2. The number of H-pyrrole nitrogens is 1. The van der Waals surface area contributed by atoms with Crippen LogP contribution in [0.2, 0.25) is 5.02 Å². The number of esters is 1. The number of aromatic amines is 1. The van der Waals surface area contributed by atoms with Gasteiger partial charge in [0.25, 0.3) is 0 Å². The Morgan fingerprint density at radius 3 is 3.06 bits per heavy atom. The Hall–Kier alpha value is -1.48. The van der Waals surface area contributed by atoms with E-state index in [1.807, 2.05) is 24.4 Å². The second kappa shape index (κ2) is 3.52. The minimum atomic E-state index is -0.130. The molecule has 0 saturated carbocycles. The summed E-state index contributed by atoms with van der Waals surface area (Å²) in [6.45, 7) is 0.518. The number of hydrogen-bond acceptors (Lipinski definition) is 2. The van der Waals surface area contributed by atoms with Crippen LogP contribution < -0.4 is 0 Å². The lowest BCUT2D eigenvalue weighted by Gasteiger charge is -2.03. The SMILES string of the molecule is O=C1OCC[C@@H]1c1c[nH]c2cc(Cl)ccc12. The number of cyclic esters (lactones) is 1. The fourth-order valence-corrected chi connectivity index (χ4v) is 2.36. The minimum absolute atomic E-state index is 0.129. The summed E-state index contributed by atoms with van der Waals surface area (Å²) in [4.78, 5) is 14.7. The average molecular weight is 236 g/mol. The van der Waals surface area contributed by atoms with E-state index in [0.717, 1.165) is 22.9 Å². The summed E-state index contributed by atoms with van der Waals surface area (Å²) in [5.74, 6) is -0.259. The average Bonchev–Trinajstić information content (AvgIpc) is 2.83. The van der Waals surface area contributed by atoms with Gasteiger partial charge in [0.15, 0.2) is 0 Å². The van der Waals surface area contributed by atoms with Gasteiger partial charge in [-0.3, -0.25) is 4.79 Å². The zero-order chi connectivity index (χ0) is 11.1. The highest BCUT2D eigenvalue weighted by Crippen LogP contribution is 2.32. The Bertz CT molecular complexity index is 561. The first-order chi connectivity index (χ1) is 7.75. The second-order valence-corrected chi connectivity index (χ2v) is 4.38. The molecule has 1 fully saturated rings. The van der Waals surface area contributed by atoms with Crippen LogP contribution in [0, 0.1) is 0 Å². The van der Waals surface area contributed by atoms with Gasteiger partial charge in [-0.05, 0) is 24.1 Å². The van der Waals surface area contributed by atoms with Gasteiger partial charge in [-0.1, -0.05) is 17.7 Å². The maximum atomic E-state index is 11.5. The van der Waals surface area contributed by atoms with Gasteiger partial charge in [-0.2, -0.15) is 0 Å². The summed E-state index contributed by atoms with van der Waals surface area (Å²) in [6, 6.07) is 5.64. The molecule has 0 unspecified atom stereocenters. The predicted octanol–water partition coefficient (Wildman–Crippen LogP) is 2.85. The topological polar surface area (TPSA) is 42.1 Å². The first-order valence-corrected chi connectivity index (χ1v) is 5.56. The van der Waals surface area contributed by atoms with E-state index < -0.39 is 0 Å². The molecule has 3 nitrogen and oxygen atoms in total. The van der Waals surface area contributed by atoms with Gasteiger partial charge in [-0.15, -0.1) is 0 Å². The molecule has 0 spiro atoms. The van der Waals surface area contributed by atoms with Gasteiger partial charge in [0.2, 0.25) is 0 Å². The summed E-state index contributed by atoms with van der Waals surface area (Å²) in [5.41, 5.74) is 1.97. The van der Waals surface area contributed by atoms with Crippen LogP contribution in [0.4, 0.5) is 0 Å². The molecule has 0 aliphatic carbocycles. The van der Waals surface area contributed by atoms with Crippen LogP contribution in [0.25, 0.3) is 10.9 Å². The normalized spacial score (nSPS) is 20.3. The number of aromatic nitrogens is 1. The molecule has 1 saturated heterocycles. The van der Waals surface area contributed by atoms with Crippen LogP contribution in [0.3, 0.4) is 0 Å². The van der Waals surface area contributed by atoms with E-state index in [2.05, 4.69) is 4.98 Å². The van der Waals surface area contributed by atoms with Gasteiger partial charge in [-0.25, -0.2) is 0 Å². The molecule has 3 rings (SSSR count). The molecule has 1 N–H and O–H groups in total. The van der Waals surface area contributed by atoms with E-state index in [-0.39, 0.29) is 11.9 Å². The molecule has 1 atom stereocenters. The van der Waals surface area contributed by atoms with Crippen molar-refractivity contribution in [1.29, 1.82) is 0 Å². The van der Waals surface area contributed by atoms with Crippen molar-refractivity contribution in [3.05, 3.63) is 35.0 Å². The zero-order valence-electron chi connectivity index (χ0n) is 8.50. The quantitative estimate of drug-likeness (QED) is 0.773. The Morgan fingerprint density at radius 2 is 2.31 bits per heavy atom. The fraction of sp³-hybridized carbons (Fsp3) is 0.250. The first kappa shape index (κ1) is 9.73. The maximum Gasteiger partial charge on any atom is 0.313 e. The van der Waals surface area contributed by atoms with Crippen molar-refractivity contribution < 1.29 is 9.53 Å². The van der Waals surface area contributed by atoms with Gasteiger partial charge in [0.05, 0.1) is 12.5 Å². The van der Waals surface area contributed by atoms with E-state index in [4.69, 9.17) is 16.3 Å². The third-order valence-electron chi connectivity index (χ3n) is 2.99. The molecule has 82 valence electrons. The summed E-state index contributed by atoms with van der Waals surface area (Å²) < 4.78 is 4.98. The van der Waals surface area contributed by atoms with Gasteiger partial charge in [0.1, 0.15) is 0 Å². The van der Waals surface area contributed by atoms with Crippen molar-refractivity contribution in [3.63, 3.8) is 0 Å². The molecule has 1 aliphatic rings. The first-order valence-electron chi connectivity index (χ1n) is 5.19. The molecule has 0 radical (unpaired) electrons. The van der Waals surface area contributed by atoms with Gasteiger partial charge < -0.3 is 9.72 Å². The molecule has 4 heteroatoms. The number of benzene rings is 1. The monoisotopic (exact) mass is 235 g/mol. The van der Waals surface area contributed by atoms with Crippen LogP contribution in [0.15, 0.2) is 24.4 Å². The smallest absolute Gasteiger partial charge is 0.313 e. The lowest BCUT2D eigenvalue weighted by Crippen LogP contribution is -2.04. The molecule has 1 aliphatic heterocycles. The van der Waals surface area contributed by atoms with Crippen molar-refractivity contribution >= 4 is 28.5 Å². The number of halogens is 1. The lowest BCUT2D eigenvalue weighted by molar-refractivity contribution is -0.139. The van der Waals surface area contributed by atoms with E-state index in [0.29, 0.717) is 11.6 Å². The Kier molecular flexibility index (Phi) is 2.14. The number of carbonyl (C=O) groups is 1. The summed E-state index contributed by atoms with van der Waals surface area (Å²) in [5, 5.41) is 1.74. The van der Waals surface area contributed by atoms with Crippen LogP contribution >= 0.6 is 11.6 Å². The Labute approximate surface area is 97.4 Å². The van der Waals surface area contributed by atoms with Crippen molar-refractivity contribution in [1.82, 2.24) is 4.98 Å². The number of ether oxygens (including phenoxy) is 1. The molecule has 1 aromatic heterocycles. The van der Waals surface area contributed by atoms with Crippen molar-refractivity contribution in [3.8, 4) is 0 Å². The number of hydrogen-bond donors (Lipinski definition) is 1. The minimum Gasteiger partial charge on any atom is -0.465 e. The van der Waals surface area contributed by atoms with Crippen molar-refractivity contribution in [2.45, 2.75) is 12.3 Å². The number of nitrogens with one attached hydrogen (secondary N) is 1. The summed E-state index contributed by atoms with van der Waals surface area (Å²) in [7, 11) is 0. The lowest BCUT2D eigenvalue weighted by atomic mass is 9.97. The zero-order valence-corrected chi connectivity index (χ0v) is 9.25. The molecule has 0 amide bonds. The number of rotatable bonds is 1. The number of carbonyl (C=O) groups excluding carboxylic acids is 1. The standard InChI is InChI=1S/C12H10ClNO2/c13-7-1-2-8-10(6-14-11(8)5-7)9-3-4-16-12(9)15/h1-2,5-6,9,14H,3-4H2/t9-/m1/s1. The molecule has 1 aromatic carbocycles. The molecule has 16 heavy (non-hydrogen) atoms. The highest BCUT2D eigenvalue weighted by Gasteiger charge is 2.29. The van der Waals surface area contributed by atoms with E-state index >= 15 is 0 Å².